The van der Waals surface area contributed by atoms with Gasteiger partial charge in [-0.1, -0.05) is 12.7 Å². The lowest BCUT2D eigenvalue weighted by atomic mass is 9.93. The van der Waals surface area contributed by atoms with Crippen molar-refractivity contribution in [2.45, 2.75) is 25.4 Å². The summed E-state index contributed by atoms with van der Waals surface area (Å²) in [4.78, 5) is 11.1. The molecular formula is C10H12O2. The van der Waals surface area contributed by atoms with Crippen LogP contribution in [0, 0.1) is 5.92 Å². The van der Waals surface area contributed by atoms with E-state index in [4.69, 9.17) is 4.74 Å². The van der Waals surface area contributed by atoms with E-state index >= 15 is 0 Å². The lowest BCUT2D eigenvalue weighted by Gasteiger charge is -2.10. The van der Waals surface area contributed by atoms with Gasteiger partial charge in [0.05, 0.1) is 0 Å². The fourth-order valence-electron chi connectivity index (χ4n) is 1.83. The third-order valence-electron chi connectivity index (χ3n) is 2.56. The summed E-state index contributed by atoms with van der Waals surface area (Å²) < 4.78 is 5.13. The molecule has 1 fully saturated rings. The first-order chi connectivity index (χ1) is 5.79. The Balaban J connectivity index is 2.23. The molecule has 0 spiro atoms. The summed E-state index contributed by atoms with van der Waals surface area (Å²) in [6, 6.07) is 0. The average Bonchev–Trinajstić information content (AvgIpc) is 2.30. The van der Waals surface area contributed by atoms with Crippen LogP contribution in [0.2, 0.25) is 0 Å². The Morgan fingerprint density at radius 3 is 3.25 bits per heavy atom. The van der Waals surface area contributed by atoms with Gasteiger partial charge >= 0.3 is 5.97 Å². The molecule has 0 aromatic heterocycles. The predicted molar refractivity (Wildman–Crippen MR) is 45.5 cm³/mol. The van der Waals surface area contributed by atoms with Gasteiger partial charge in [-0.2, -0.15) is 0 Å². The van der Waals surface area contributed by atoms with Gasteiger partial charge < -0.3 is 4.74 Å². The van der Waals surface area contributed by atoms with Crippen LogP contribution in [0.4, 0.5) is 0 Å². The summed E-state index contributed by atoms with van der Waals surface area (Å²) >= 11 is 0. The second kappa shape index (κ2) is 2.77. The van der Waals surface area contributed by atoms with Crippen LogP contribution in [0.25, 0.3) is 0 Å². The van der Waals surface area contributed by atoms with Gasteiger partial charge in [-0.25, -0.2) is 4.79 Å². The second-order valence-corrected chi connectivity index (χ2v) is 3.36. The van der Waals surface area contributed by atoms with Crippen LogP contribution in [-0.2, 0) is 9.53 Å². The number of hydrogen-bond donors (Lipinski definition) is 0. The van der Waals surface area contributed by atoms with E-state index < -0.39 is 0 Å². The quantitative estimate of drug-likeness (QED) is 0.310. The van der Waals surface area contributed by atoms with Crippen molar-refractivity contribution in [2.24, 2.45) is 5.92 Å². The molecule has 0 radical (unpaired) electrons. The highest BCUT2D eigenvalue weighted by molar-refractivity contribution is 5.91. The van der Waals surface area contributed by atoms with Gasteiger partial charge in [-0.3, -0.25) is 0 Å². The fraction of sp³-hybridized carbons (Fsp3) is 0.500. The van der Waals surface area contributed by atoms with Crippen molar-refractivity contribution in [3.63, 3.8) is 0 Å². The zero-order valence-electron chi connectivity index (χ0n) is 6.95. The smallest absolute Gasteiger partial charge is 0.334 e. The Labute approximate surface area is 71.9 Å². The SMILES string of the molecule is C=C1C(=O)O[C@@H]2C=CCCC[C@@H]12. The van der Waals surface area contributed by atoms with E-state index in [0.717, 1.165) is 19.3 Å². The van der Waals surface area contributed by atoms with Crippen LogP contribution in [0.3, 0.4) is 0 Å². The van der Waals surface area contributed by atoms with E-state index in [0.29, 0.717) is 5.57 Å². The summed E-state index contributed by atoms with van der Waals surface area (Å²) in [6.07, 6.45) is 7.32. The van der Waals surface area contributed by atoms with Crippen molar-refractivity contribution in [1.82, 2.24) is 0 Å². The van der Waals surface area contributed by atoms with Crippen molar-refractivity contribution < 1.29 is 9.53 Å². The molecule has 2 nitrogen and oxygen atoms in total. The Kier molecular flexibility index (Phi) is 1.75. The van der Waals surface area contributed by atoms with E-state index in [2.05, 4.69) is 12.7 Å². The fourth-order valence-corrected chi connectivity index (χ4v) is 1.83. The standard InChI is InChI=1S/C10H12O2/c1-7-8-5-3-2-4-6-9(8)12-10(7)11/h4,6,8-9H,1-3,5H2/t8-,9+/m0/s1. The number of carbonyl (C=O) groups is 1. The number of carbonyl (C=O) groups excluding carboxylic acids is 1. The normalized spacial score (nSPS) is 34.3. The van der Waals surface area contributed by atoms with E-state index in [1.807, 2.05) is 6.08 Å². The Morgan fingerprint density at radius 2 is 2.42 bits per heavy atom. The Morgan fingerprint density at radius 1 is 1.58 bits per heavy atom. The van der Waals surface area contributed by atoms with Gasteiger partial charge in [0.2, 0.25) is 0 Å². The summed E-state index contributed by atoms with van der Waals surface area (Å²) in [6.45, 7) is 3.75. The number of allylic oxidation sites excluding steroid dienone is 1. The second-order valence-electron chi connectivity index (χ2n) is 3.36. The van der Waals surface area contributed by atoms with Crippen LogP contribution in [0.5, 0.6) is 0 Å². The van der Waals surface area contributed by atoms with E-state index in [9.17, 15) is 4.79 Å². The lowest BCUT2D eigenvalue weighted by Crippen LogP contribution is -2.11. The van der Waals surface area contributed by atoms with Crippen LogP contribution < -0.4 is 0 Å². The maximum atomic E-state index is 11.1. The molecule has 64 valence electrons. The van der Waals surface area contributed by atoms with E-state index in [1.54, 1.807) is 0 Å². The maximum absolute atomic E-state index is 11.1. The van der Waals surface area contributed by atoms with Crippen molar-refractivity contribution >= 4 is 5.97 Å². The molecule has 2 aliphatic rings. The van der Waals surface area contributed by atoms with Gasteiger partial charge in [0.1, 0.15) is 6.10 Å². The minimum atomic E-state index is -0.212. The molecule has 0 bridgehead atoms. The summed E-state index contributed by atoms with van der Waals surface area (Å²) in [5.41, 5.74) is 0.659. The molecule has 0 aromatic carbocycles. The molecule has 0 saturated carbocycles. The lowest BCUT2D eigenvalue weighted by molar-refractivity contribution is -0.137. The van der Waals surface area contributed by atoms with Gasteiger partial charge in [-0.05, 0) is 25.3 Å². The van der Waals surface area contributed by atoms with E-state index in [1.165, 1.54) is 0 Å². The molecule has 0 aromatic rings. The molecular weight excluding hydrogens is 152 g/mol. The number of fused-ring (bicyclic) bond motifs is 1. The molecule has 1 aliphatic heterocycles. The minimum absolute atomic E-state index is 0.0208. The third kappa shape index (κ3) is 1.07. The average molecular weight is 164 g/mol. The summed E-state index contributed by atoms with van der Waals surface area (Å²) in [5.74, 6) is 0.0350. The third-order valence-corrected chi connectivity index (χ3v) is 2.56. The Bertz CT molecular complexity index is 253. The first-order valence-electron chi connectivity index (χ1n) is 4.35. The van der Waals surface area contributed by atoms with Crippen molar-refractivity contribution in [2.75, 3.05) is 0 Å². The maximum Gasteiger partial charge on any atom is 0.334 e. The largest absolute Gasteiger partial charge is 0.454 e. The first kappa shape index (κ1) is 7.59. The molecule has 0 N–H and O–H groups in total. The van der Waals surface area contributed by atoms with Crippen LogP contribution in [0.1, 0.15) is 19.3 Å². The molecule has 2 rings (SSSR count). The number of ether oxygens (including phenoxy) is 1. The summed E-state index contributed by atoms with van der Waals surface area (Å²) in [5, 5.41) is 0. The summed E-state index contributed by atoms with van der Waals surface area (Å²) in [7, 11) is 0. The minimum Gasteiger partial charge on any atom is -0.454 e. The molecule has 2 atom stereocenters. The van der Waals surface area contributed by atoms with E-state index in [-0.39, 0.29) is 18.0 Å². The monoisotopic (exact) mass is 164 g/mol. The first-order valence-corrected chi connectivity index (χ1v) is 4.35. The Hall–Kier alpha value is -1.05. The molecule has 2 heteroatoms. The van der Waals surface area contributed by atoms with Crippen molar-refractivity contribution in [3.05, 3.63) is 24.3 Å². The van der Waals surface area contributed by atoms with Crippen LogP contribution in [0.15, 0.2) is 24.3 Å². The van der Waals surface area contributed by atoms with Crippen LogP contribution >= 0.6 is 0 Å². The zero-order valence-corrected chi connectivity index (χ0v) is 6.95. The molecule has 1 aliphatic carbocycles. The highest BCUT2D eigenvalue weighted by Crippen LogP contribution is 2.33. The van der Waals surface area contributed by atoms with Crippen molar-refractivity contribution in [3.8, 4) is 0 Å². The van der Waals surface area contributed by atoms with Crippen molar-refractivity contribution in [1.29, 1.82) is 0 Å². The number of rotatable bonds is 0. The van der Waals surface area contributed by atoms with Gasteiger partial charge in [0.25, 0.3) is 0 Å². The van der Waals surface area contributed by atoms with Gasteiger partial charge in [0.15, 0.2) is 0 Å². The van der Waals surface area contributed by atoms with Gasteiger partial charge in [-0.15, -0.1) is 0 Å². The molecule has 12 heavy (non-hydrogen) atoms. The molecule has 1 saturated heterocycles. The molecule has 0 unspecified atom stereocenters. The topological polar surface area (TPSA) is 26.3 Å². The highest BCUT2D eigenvalue weighted by Gasteiger charge is 2.36. The zero-order chi connectivity index (χ0) is 8.55. The molecule has 0 amide bonds. The van der Waals surface area contributed by atoms with Gasteiger partial charge in [0, 0.05) is 11.5 Å². The highest BCUT2D eigenvalue weighted by atomic mass is 16.5. The number of hydrogen-bond acceptors (Lipinski definition) is 2. The number of esters is 1. The van der Waals surface area contributed by atoms with Crippen LogP contribution in [-0.4, -0.2) is 12.1 Å². The molecule has 1 heterocycles. The predicted octanol–water partition coefficient (Wildman–Crippen LogP) is 1.82.